The van der Waals surface area contributed by atoms with Crippen molar-refractivity contribution in [1.82, 2.24) is 0 Å². The van der Waals surface area contributed by atoms with Gasteiger partial charge in [0, 0.05) is 18.3 Å². The largest absolute Gasteiger partial charge is 0.371 e. The van der Waals surface area contributed by atoms with E-state index < -0.39 is 0 Å². The van der Waals surface area contributed by atoms with E-state index in [0.29, 0.717) is 35.6 Å². The van der Waals surface area contributed by atoms with Gasteiger partial charge in [0.05, 0.1) is 11.7 Å². The number of carbonyl (C=O) groups is 1. The average Bonchev–Trinajstić information content (AvgIpc) is 3.00. The van der Waals surface area contributed by atoms with Crippen LogP contribution in [-0.2, 0) is 9.53 Å². The zero-order chi connectivity index (χ0) is 14.1. The number of rotatable bonds is 1. The molecule has 2 unspecified atom stereocenters. The number of hydrogen-bond donors (Lipinski definition) is 0. The lowest BCUT2D eigenvalue weighted by atomic mass is 9.59. The summed E-state index contributed by atoms with van der Waals surface area (Å²) in [6.45, 7) is 7.20. The molecule has 0 aromatic heterocycles. The Kier molecular flexibility index (Phi) is 2.72. The van der Waals surface area contributed by atoms with Crippen LogP contribution in [0.15, 0.2) is 0 Å². The van der Waals surface area contributed by atoms with E-state index in [4.69, 9.17) is 4.74 Å². The van der Waals surface area contributed by atoms with Gasteiger partial charge in [-0.1, -0.05) is 20.8 Å². The second-order valence-corrected chi connectivity index (χ2v) is 8.52. The molecule has 2 saturated heterocycles. The summed E-state index contributed by atoms with van der Waals surface area (Å²) >= 11 is 0. The van der Waals surface area contributed by atoms with Gasteiger partial charge in [-0.3, -0.25) is 4.79 Å². The molecular weight excluding hydrogens is 248 g/mol. The molecule has 0 aromatic carbocycles. The molecule has 6 atom stereocenters. The van der Waals surface area contributed by atoms with Gasteiger partial charge in [0.25, 0.3) is 0 Å². The van der Waals surface area contributed by atoms with Crippen LogP contribution in [0.25, 0.3) is 0 Å². The van der Waals surface area contributed by atoms with Gasteiger partial charge in [0.1, 0.15) is 5.78 Å². The highest BCUT2D eigenvalue weighted by Crippen LogP contribution is 2.68. The van der Waals surface area contributed by atoms with Crippen molar-refractivity contribution in [3.63, 3.8) is 0 Å². The number of Topliss-reactive ketones (excluding diaryl/α,β-unsaturated/α-hetero) is 1. The maximum absolute atomic E-state index is 12.1. The Morgan fingerprint density at radius 1 is 1.20 bits per heavy atom. The first-order valence-corrected chi connectivity index (χ1v) is 8.66. The molecule has 2 heterocycles. The average molecular weight is 276 g/mol. The molecule has 1 spiro atoms. The van der Waals surface area contributed by atoms with E-state index in [9.17, 15) is 4.79 Å². The summed E-state index contributed by atoms with van der Waals surface area (Å²) in [5, 5.41) is 0. The molecule has 0 N–H and O–H groups in total. The van der Waals surface area contributed by atoms with Crippen molar-refractivity contribution < 1.29 is 9.53 Å². The Hall–Kier alpha value is -0.370. The Morgan fingerprint density at radius 3 is 2.75 bits per heavy atom. The molecule has 0 aromatic rings. The second-order valence-electron chi connectivity index (χ2n) is 8.52. The fourth-order valence-electron chi connectivity index (χ4n) is 6.60. The van der Waals surface area contributed by atoms with Crippen LogP contribution >= 0.6 is 0 Å². The summed E-state index contributed by atoms with van der Waals surface area (Å²) in [6, 6.07) is 0. The van der Waals surface area contributed by atoms with Gasteiger partial charge in [0.15, 0.2) is 0 Å². The monoisotopic (exact) mass is 276 g/mol. The van der Waals surface area contributed by atoms with Crippen LogP contribution in [0.4, 0.5) is 0 Å². The van der Waals surface area contributed by atoms with Gasteiger partial charge in [-0.15, -0.1) is 0 Å². The summed E-state index contributed by atoms with van der Waals surface area (Å²) in [4.78, 5) is 12.1. The lowest BCUT2D eigenvalue weighted by Gasteiger charge is -2.48. The molecule has 4 aliphatic rings. The normalized spacial score (nSPS) is 54.1. The first kappa shape index (κ1) is 13.3. The van der Waals surface area contributed by atoms with Crippen LogP contribution in [0, 0.1) is 29.1 Å². The Bertz CT molecular complexity index is 443. The van der Waals surface area contributed by atoms with E-state index in [2.05, 4.69) is 20.8 Å². The van der Waals surface area contributed by atoms with Gasteiger partial charge in [-0.05, 0) is 55.8 Å². The van der Waals surface area contributed by atoms with Crippen molar-refractivity contribution in [2.24, 2.45) is 29.1 Å². The van der Waals surface area contributed by atoms with Gasteiger partial charge in [0.2, 0.25) is 0 Å². The number of ether oxygens (including phenoxy) is 1. The van der Waals surface area contributed by atoms with Crippen molar-refractivity contribution >= 4 is 5.78 Å². The van der Waals surface area contributed by atoms with Crippen molar-refractivity contribution in [3.05, 3.63) is 0 Å². The molecule has 0 radical (unpaired) electrons. The second kappa shape index (κ2) is 4.09. The minimum Gasteiger partial charge on any atom is -0.371 e. The van der Waals surface area contributed by atoms with E-state index in [0.717, 1.165) is 19.3 Å². The van der Waals surface area contributed by atoms with Crippen LogP contribution < -0.4 is 0 Å². The predicted octanol–water partition coefficient (Wildman–Crippen LogP) is 3.98. The van der Waals surface area contributed by atoms with Gasteiger partial charge < -0.3 is 4.74 Å². The summed E-state index contributed by atoms with van der Waals surface area (Å²) in [5.74, 6) is 3.14. The van der Waals surface area contributed by atoms with E-state index in [1.165, 1.54) is 25.7 Å². The molecule has 4 fully saturated rings. The predicted molar refractivity (Wildman–Crippen MR) is 78.3 cm³/mol. The maximum atomic E-state index is 12.1. The third-order valence-corrected chi connectivity index (χ3v) is 7.45. The van der Waals surface area contributed by atoms with Crippen LogP contribution in [0.3, 0.4) is 0 Å². The SMILES string of the molecule is CC(C)[C@@H]1CC[C@@]2(C)C3CC(=O)CC3C[C@H]3CC[C@@]12O3. The molecule has 0 amide bonds. The third-order valence-electron chi connectivity index (χ3n) is 7.45. The van der Waals surface area contributed by atoms with Crippen LogP contribution in [0.5, 0.6) is 0 Å². The molecule has 2 aliphatic carbocycles. The third kappa shape index (κ3) is 1.47. The highest BCUT2D eigenvalue weighted by Gasteiger charge is 2.68. The van der Waals surface area contributed by atoms with Crippen molar-refractivity contribution in [2.75, 3.05) is 0 Å². The van der Waals surface area contributed by atoms with E-state index in [1.54, 1.807) is 0 Å². The fraction of sp³-hybridized carbons (Fsp3) is 0.944. The molecule has 2 saturated carbocycles. The van der Waals surface area contributed by atoms with E-state index in [1.807, 2.05) is 0 Å². The number of hydrogen-bond acceptors (Lipinski definition) is 2. The van der Waals surface area contributed by atoms with Gasteiger partial charge in [-0.25, -0.2) is 0 Å². The molecule has 4 rings (SSSR count). The molecule has 2 aliphatic heterocycles. The summed E-state index contributed by atoms with van der Waals surface area (Å²) in [6.07, 6.45) is 8.32. The Morgan fingerprint density at radius 2 is 2.00 bits per heavy atom. The van der Waals surface area contributed by atoms with Gasteiger partial charge in [-0.2, -0.15) is 0 Å². The van der Waals surface area contributed by atoms with Crippen LogP contribution in [0.2, 0.25) is 0 Å². The molecule has 112 valence electrons. The highest BCUT2D eigenvalue weighted by molar-refractivity contribution is 5.81. The lowest BCUT2D eigenvalue weighted by molar-refractivity contribution is -0.142. The topological polar surface area (TPSA) is 26.3 Å². The number of ketones is 1. The summed E-state index contributed by atoms with van der Waals surface area (Å²) in [7, 11) is 0. The molecule has 2 nitrogen and oxygen atoms in total. The van der Waals surface area contributed by atoms with Gasteiger partial charge >= 0.3 is 0 Å². The Labute approximate surface area is 122 Å². The van der Waals surface area contributed by atoms with Crippen LogP contribution in [-0.4, -0.2) is 17.5 Å². The first-order valence-electron chi connectivity index (χ1n) is 8.66. The quantitative estimate of drug-likeness (QED) is 0.724. The Balaban J connectivity index is 1.80. The smallest absolute Gasteiger partial charge is 0.133 e. The zero-order valence-corrected chi connectivity index (χ0v) is 13.2. The van der Waals surface area contributed by atoms with Crippen molar-refractivity contribution in [1.29, 1.82) is 0 Å². The van der Waals surface area contributed by atoms with Crippen LogP contribution in [0.1, 0.15) is 65.7 Å². The summed E-state index contributed by atoms with van der Waals surface area (Å²) in [5.41, 5.74) is 0.347. The molecule has 2 heteroatoms. The fourth-order valence-corrected chi connectivity index (χ4v) is 6.60. The van der Waals surface area contributed by atoms with E-state index >= 15 is 0 Å². The summed E-state index contributed by atoms with van der Waals surface area (Å²) < 4.78 is 6.77. The minimum atomic E-state index is 0.0931. The highest BCUT2D eigenvalue weighted by atomic mass is 16.5. The zero-order valence-electron chi connectivity index (χ0n) is 13.2. The molecular formula is C18H28O2. The van der Waals surface area contributed by atoms with Crippen molar-refractivity contribution in [2.45, 2.75) is 77.4 Å². The van der Waals surface area contributed by atoms with E-state index in [-0.39, 0.29) is 11.0 Å². The first-order chi connectivity index (χ1) is 9.46. The van der Waals surface area contributed by atoms with Crippen molar-refractivity contribution in [3.8, 4) is 0 Å². The number of carbonyl (C=O) groups excluding carboxylic acids is 1. The maximum Gasteiger partial charge on any atom is 0.133 e. The standard InChI is InChI=1S/C18H28O2/c1-11(2)15-5-6-17(3)16-10-13(19)8-12(16)9-14-4-7-18(15,17)20-14/h11-12,14-16H,4-10H2,1-3H3/t12?,14-,15+,16?,17+,18-/m1/s1. The molecule has 2 bridgehead atoms. The minimum absolute atomic E-state index is 0.0931. The lowest BCUT2D eigenvalue weighted by Crippen LogP contribution is -2.51. The molecule has 20 heavy (non-hydrogen) atoms. The number of fused-ring (bicyclic) bond motifs is 3.